The lowest BCUT2D eigenvalue weighted by Crippen LogP contribution is -2.31. The molecular formula is C14H16ClNO2. The Hall–Kier alpha value is -1.06. The molecule has 18 heavy (non-hydrogen) atoms. The van der Waals surface area contributed by atoms with Crippen LogP contribution in [-0.2, 0) is 4.79 Å². The molecule has 2 aliphatic rings. The van der Waals surface area contributed by atoms with Crippen LogP contribution in [0.15, 0.2) is 24.3 Å². The van der Waals surface area contributed by atoms with Gasteiger partial charge in [0.1, 0.15) is 0 Å². The quantitative estimate of drug-likeness (QED) is 0.889. The predicted octanol–water partition coefficient (Wildman–Crippen LogP) is 2.04. The van der Waals surface area contributed by atoms with Crippen molar-refractivity contribution < 1.29 is 9.90 Å². The standard InChI is InChI=1S/C14H16ClNO2/c15-10-3-1-2-9(6-10)12-7-13(12)14(18)16-5-4-11(17)8-16/h1-3,6,11-13,17H,4-5,7-8H2/t11-,12?,13?/m1/s1. The van der Waals surface area contributed by atoms with Crippen LogP contribution in [-0.4, -0.2) is 35.1 Å². The van der Waals surface area contributed by atoms with E-state index >= 15 is 0 Å². The van der Waals surface area contributed by atoms with E-state index in [1.54, 1.807) is 4.90 Å². The second kappa shape index (κ2) is 4.56. The Morgan fingerprint density at radius 2 is 2.28 bits per heavy atom. The number of likely N-dealkylation sites (tertiary alicyclic amines) is 1. The van der Waals surface area contributed by atoms with Gasteiger partial charge in [-0.1, -0.05) is 23.7 Å². The van der Waals surface area contributed by atoms with E-state index in [9.17, 15) is 9.90 Å². The smallest absolute Gasteiger partial charge is 0.226 e. The van der Waals surface area contributed by atoms with Crippen LogP contribution < -0.4 is 0 Å². The van der Waals surface area contributed by atoms with Crippen LogP contribution in [0, 0.1) is 5.92 Å². The molecule has 1 aromatic carbocycles. The topological polar surface area (TPSA) is 40.5 Å². The number of aliphatic hydroxyl groups excluding tert-OH is 1. The van der Waals surface area contributed by atoms with Gasteiger partial charge in [-0.3, -0.25) is 4.79 Å². The number of rotatable bonds is 2. The Morgan fingerprint density at radius 3 is 2.94 bits per heavy atom. The lowest BCUT2D eigenvalue weighted by molar-refractivity contribution is -0.131. The van der Waals surface area contributed by atoms with E-state index < -0.39 is 0 Å². The maximum Gasteiger partial charge on any atom is 0.226 e. The van der Waals surface area contributed by atoms with Gasteiger partial charge in [-0.2, -0.15) is 0 Å². The van der Waals surface area contributed by atoms with Crippen molar-refractivity contribution in [1.82, 2.24) is 4.90 Å². The van der Waals surface area contributed by atoms with E-state index in [2.05, 4.69) is 0 Å². The third-order valence-corrected chi connectivity index (χ3v) is 4.09. The summed E-state index contributed by atoms with van der Waals surface area (Å²) >= 11 is 5.96. The summed E-state index contributed by atoms with van der Waals surface area (Å²) in [6, 6.07) is 7.75. The monoisotopic (exact) mass is 265 g/mol. The normalized spacial score (nSPS) is 30.6. The summed E-state index contributed by atoms with van der Waals surface area (Å²) in [5.41, 5.74) is 1.15. The molecule has 1 N–H and O–H groups in total. The van der Waals surface area contributed by atoms with Crippen molar-refractivity contribution in [2.24, 2.45) is 5.92 Å². The molecule has 2 fully saturated rings. The molecule has 96 valence electrons. The molecule has 1 aliphatic carbocycles. The number of hydrogen-bond acceptors (Lipinski definition) is 2. The number of aliphatic hydroxyl groups is 1. The van der Waals surface area contributed by atoms with Crippen molar-refractivity contribution >= 4 is 17.5 Å². The molecule has 1 saturated heterocycles. The minimum absolute atomic E-state index is 0.0915. The molecule has 3 atom stereocenters. The summed E-state index contributed by atoms with van der Waals surface area (Å²) in [7, 11) is 0. The molecule has 3 nitrogen and oxygen atoms in total. The Balaban J connectivity index is 1.65. The summed E-state index contributed by atoms with van der Waals surface area (Å²) in [5, 5.41) is 10.2. The molecule has 3 rings (SSSR count). The second-order valence-corrected chi connectivity index (χ2v) is 5.67. The number of benzene rings is 1. The molecule has 1 amide bonds. The zero-order valence-electron chi connectivity index (χ0n) is 10.1. The third-order valence-electron chi connectivity index (χ3n) is 3.86. The lowest BCUT2D eigenvalue weighted by Gasteiger charge is -2.15. The molecule has 1 aliphatic heterocycles. The molecule has 2 unspecified atom stereocenters. The average Bonchev–Trinajstić information content (AvgIpc) is 3.04. The number of amides is 1. The maximum atomic E-state index is 12.2. The summed E-state index contributed by atoms with van der Waals surface area (Å²) in [6.07, 6.45) is 1.28. The van der Waals surface area contributed by atoms with Crippen LogP contribution in [0.3, 0.4) is 0 Å². The van der Waals surface area contributed by atoms with Crippen molar-refractivity contribution in [2.75, 3.05) is 13.1 Å². The van der Waals surface area contributed by atoms with Gasteiger partial charge in [-0.05, 0) is 36.5 Å². The summed E-state index contributed by atoms with van der Waals surface area (Å²) < 4.78 is 0. The zero-order chi connectivity index (χ0) is 12.7. The number of nitrogens with zero attached hydrogens (tertiary/aromatic N) is 1. The molecule has 0 aromatic heterocycles. The number of halogens is 1. The predicted molar refractivity (Wildman–Crippen MR) is 69.5 cm³/mol. The highest BCUT2D eigenvalue weighted by atomic mass is 35.5. The third kappa shape index (κ3) is 2.25. The summed E-state index contributed by atoms with van der Waals surface area (Å²) in [5.74, 6) is 0.597. The largest absolute Gasteiger partial charge is 0.391 e. The summed E-state index contributed by atoms with van der Waals surface area (Å²) in [6.45, 7) is 1.19. The second-order valence-electron chi connectivity index (χ2n) is 5.23. The lowest BCUT2D eigenvalue weighted by atomic mass is 10.1. The van der Waals surface area contributed by atoms with Crippen molar-refractivity contribution in [3.8, 4) is 0 Å². The molecule has 0 spiro atoms. The molecule has 0 radical (unpaired) electrons. The fourth-order valence-corrected chi connectivity index (χ4v) is 2.95. The van der Waals surface area contributed by atoms with Crippen molar-refractivity contribution in [3.05, 3.63) is 34.9 Å². The Bertz CT molecular complexity index is 477. The first-order valence-electron chi connectivity index (χ1n) is 6.37. The number of carbonyl (C=O) groups excluding carboxylic acids is 1. The highest BCUT2D eigenvalue weighted by Crippen LogP contribution is 2.49. The fraction of sp³-hybridized carbons (Fsp3) is 0.500. The van der Waals surface area contributed by atoms with Crippen LogP contribution in [0.25, 0.3) is 0 Å². The SMILES string of the molecule is O=C(C1CC1c1cccc(Cl)c1)N1CC[C@@H](O)C1. The molecule has 4 heteroatoms. The van der Waals surface area contributed by atoms with Gasteiger partial charge >= 0.3 is 0 Å². The molecule has 1 saturated carbocycles. The highest BCUT2D eigenvalue weighted by molar-refractivity contribution is 6.30. The Kier molecular flexibility index (Phi) is 3.04. The Morgan fingerprint density at radius 1 is 1.44 bits per heavy atom. The van der Waals surface area contributed by atoms with Gasteiger partial charge in [-0.15, -0.1) is 0 Å². The van der Waals surface area contributed by atoms with Gasteiger partial charge < -0.3 is 10.0 Å². The zero-order valence-corrected chi connectivity index (χ0v) is 10.8. The van der Waals surface area contributed by atoms with Crippen molar-refractivity contribution in [3.63, 3.8) is 0 Å². The maximum absolute atomic E-state index is 12.2. The van der Waals surface area contributed by atoms with Crippen LogP contribution in [0.1, 0.15) is 24.3 Å². The van der Waals surface area contributed by atoms with E-state index in [0.717, 1.165) is 17.0 Å². The molecule has 1 aromatic rings. The van der Waals surface area contributed by atoms with Crippen LogP contribution >= 0.6 is 11.6 Å². The van der Waals surface area contributed by atoms with E-state index in [1.807, 2.05) is 24.3 Å². The van der Waals surface area contributed by atoms with E-state index in [0.29, 0.717) is 25.4 Å². The summed E-state index contributed by atoms with van der Waals surface area (Å²) in [4.78, 5) is 14.0. The van der Waals surface area contributed by atoms with Crippen LogP contribution in [0.5, 0.6) is 0 Å². The Labute approximate surface area is 111 Å². The van der Waals surface area contributed by atoms with Crippen molar-refractivity contribution in [1.29, 1.82) is 0 Å². The first-order chi connectivity index (χ1) is 8.65. The van der Waals surface area contributed by atoms with Gasteiger partial charge in [0.15, 0.2) is 0 Å². The van der Waals surface area contributed by atoms with Gasteiger partial charge in [-0.25, -0.2) is 0 Å². The van der Waals surface area contributed by atoms with Crippen LogP contribution in [0.2, 0.25) is 5.02 Å². The molecule has 0 bridgehead atoms. The number of β-amino-alcohol motifs (C(OH)–C–C–N with tert-alkyl or cyclic N) is 1. The fourth-order valence-electron chi connectivity index (χ4n) is 2.75. The van der Waals surface area contributed by atoms with Gasteiger partial charge in [0.05, 0.1) is 6.10 Å². The minimum Gasteiger partial charge on any atom is -0.391 e. The molecular weight excluding hydrogens is 250 g/mol. The van der Waals surface area contributed by atoms with E-state index in [-0.39, 0.29) is 17.9 Å². The number of carbonyl (C=O) groups is 1. The van der Waals surface area contributed by atoms with Gasteiger partial charge in [0.25, 0.3) is 0 Å². The van der Waals surface area contributed by atoms with E-state index in [1.165, 1.54) is 0 Å². The number of hydrogen-bond donors (Lipinski definition) is 1. The van der Waals surface area contributed by atoms with Gasteiger partial charge in [0.2, 0.25) is 5.91 Å². The minimum atomic E-state index is -0.336. The van der Waals surface area contributed by atoms with Crippen molar-refractivity contribution in [2.45, 2.75) is 24.9 Å². The van der Waals surface area contributed by atoms with E-state index in [4.69, 9.17) is 11.6 Å². The average molecular weight is 266 g/mol. The first kappa shape index (κ1) is 12.0. The van der Waals surface area contributed by atoms with Gasteiger partial charge in [0, 0.05) is 24.0 Å². The highest BCUT2D eigenvalue weighted by Gasteiger charge is 2.46. The first-order valence-corrected chi connectivity index (χ1v) is 6.75. The van der Waals surface area contributed by atoms with Crippen LogP contribution in [0.4, 0.5) is 0 Å². The molecule has 1 heterocycles.